The van der Waals surface area contributed by atoms with Gasteiger partial charge in [0.05, 0.1) is 16.6 Å². The smallest absolute Gasteiger partial charge is 0.314 e. The fraction of sp³-hybridized carbons (Fsp3) is 0.100. The van der Waals surface area contributed by atoms with Gasteiger partial charge < -0.3 is 4.57 Å². The summed E-state index contributed by atoms with van der Waals surface area (Å²) in [6.07, 6.45) is 1.85. The summed E-state index contributed by atoms with van der Waals surface area (Å²) in [6, 6.07) is 17.5. The van der Waals surface area contributed by atoms with Gasteiger partial charge in [0.1, 0.15) is 0 Å². The first-order valence-corrected chi connectivity index (χ1v) is 8.91. The molecule has 0 N–H and O–H groups in total. The summed E-state index contributed by atoms with van der Waals surface area (Å²) in [5.41, 5.74) is 2.53. The van der Waals surface area contributed by atoms with E-state index < -0.39 is 0 Å². The first-order chi connectivity index (χ1) is 12.5. The van der Waals surface area contributed by atoms with Crippen LogP contribution in [0.15, 0.2) is 74.9 Å². The third-order valence-electron chi connectivity index (χ3n) is 4.60. The van der Waals surface area contributed by atoms with Crippen molar-refractivity contribution in [3.05, 3.63) is 86.1 Å². The van der Waals surface area contributed by atoms with E-state index in [-0.39, 0.29) is 11.2 Å². The maximum absolute atomic E-state index is 13.0. The summed E-state index contributed by atoms with van der Waals surface area (Å²) in [7, 11) is 3.19. The molecule has 0 fully saturated rings. The van der Waals surface area contributed by atoms with Crippen molar-refractivity contribution in [1.29, 1.82) is 0 Å². The molecule has 0 aliphatic rings. The molecule has 5 nitrogen and oxygen atoms in total. The maximum Gasteiger partial charge on any atom is 0.330 e. The monoisotopic (exact) mass is 409 g/mol. The number of nitrogens with zero attached hydrogens (tertiary/aromatic N) is 3. The van der Waals surface area contributed by atoms with Crippen molar-refractivity contribution in [2.75, 3.05) is 0 Å². The van der Waals surface area contributed by atoms with E-state index in [0.29, 0.717) is 10.9 Å². The standard InChI is InChI=1S/C20H16BrN3O2/c1-22-16-12-24(13-8-4-3-5-9-13)18(14-10-6-7-11-15(14)21)17(16)19(25)23(2)20(22)26/h3-12H,1-2H3. The number of para-hydroxylation sites is 1. The zero-order chi connectivity index (χ0) is 18.4. The Labute approximate surface area is 157 Å². The van der Waals surface area contributed by atoms with Crippen LogP contribution in [0.3, 0.4) is 0 Å². The minimum atomic E-state index is -0.341. The molecule has 0 bridgehead atoms. The van der Waals surface area contributed by atoms with Crippen molar-refractivity contribution in [3.63, 3.8) is 0 Å². The van der Waals surface area contributed by atoms with E-state index in [1.54, 1.807) is 7.05 Å². The van der Waals surface area contributed by atoms with Gasteiger partial charge >= 0.3 is 5.69 Å². The number of fused-ring (bicyclic) bond motifs is 1. The van der Waals surface area contributed by atoms with Crippen LogP contribution in [0.1, 0.15) is 0 Å². The SMILES string of the molecule is Cn1c(=O)c2c(-c3ccccc3Br)n(-c3ccccc3)cc2n(C)c1=O. The van der Waals surface area contributed by atoms with Crippen LogP contribution in [0.4, 0.5) is 0 Å². The van der Waals surface area contributed by atoms with Gasteiger partial charge in [0, 0.05) is 36.0 Å². The van der Waals surface area contributed by atoms with Crippen LogP contribution in [0, 0.1) is 0 Å². The first kappa shape index (κ1) is 16.6. The summed E-state index contributed by atoms with van der Waals surface area (Å²) in [5.74, 6) is 0. The van der Waals surface area contributed by atoms with Gasteiger partial charge in [0.25, 0.3) is 5.56 Å². The van der Waals surface area contributed by atoms with E-state index in [1.807, 2.05) is 65.4 Å². The molecular weight excluding hydrogens is 394 g/mol. The molecule has 2 aromatic carbocycles. The van der Waals surface area contributed by atoms with Crippen LogP contribution < -0.4 is 11.2 Å². The van der Waals surface area contributed by atoms with Gasteiger partial charge in [-0.15, -0.1) is 0 Å². The van der Waals surface area contributed by atoms with E-state index in [9.17, 15) is 9.59 Å². The summed E-state index contributed by atoms with van der Waals surface area (Å²) in [5, 5.41) is 0.519. The Bertz CT molecular complexity index is 1250. The third-order valence-corrected chi connectivity index (χ3v) is 5.29. The summed E-state index contributed by atoms with van der Waals surface area (Å²) >= 11 is 3.60. The van der Waals surface area contributed by atoms with Crippen molar-refractivity contribution < 1.29 is 0 Å². The zero-order valence-corrected chi connectivity index (χ0v) is 15.9. The van der Waals surface area contributed by atoms with Crippen LogP contribution >= 0.6 is 15.9 Å². The lowest BCUT2D eigenvalue weighted by Crippen LogP contribution is -2.36. The van der Waals surface area contributed by atoms with Crippen molar-refractivity contribution >= 4 is 26.8 Å². The van der Waals surface area contributed by atoms with Crippen LogP contribution in [-0.2, 0) is 14.1 Å². The molecule has 2 aromatic heterocycles. The van der Waals surface area contributed by atoms with E-state index in [0.717, 1.165) is 26.0 Å². The average Bonchev–Trinajstić information content (AvgIpc) is 3.06. The molecule has 0 atom stereocenters. The molecule has 0 unspecified atom stereocenters. The quantitative estimate of drug-likeness (QED) is 0.508. The third kappa shape index (κ3) is 2.37. The van der Waals surface area contributed by atoms with Crippen molar-refractivity contribution in [2.45, 2.75) is 0 Å². The number of benzene rings is 2. The molecule has 0 aliphatic carbocycles. The molecule has 4 rings (SSSR count). The lowest BCUT2D eigenvalue weighted by Gasteiger charge is -2.11. The summed E-state index contributed by atoms with van der Waals surface area (Å²) < 4.78 is 5.51. The molecule has 6 heteroatoms. The van der Waals surface area contributed by atoms with E-state index in [2.05, 4.69) is 15.9 Å². The molecule has 0 aliphatic heterocycles. The number of halogens is 1. The molecular formula is C20H16BrN3O2. The highest BCUT2D eigenvalue weighted by Crippen LogP contribution is 2.35. The van der Waals surface area contributed by atoms with Crippen LogP contribution in [-0.4, -0.2) is 13.7 Å². The lowest BCUT2D eigenvalue weighted by molar-refractivity contribution is 0.714. The Morgan fingerprint density at radius 3 is 2.19 bits per heavy atom. The number of aryl methyl sites for hydroxylation is 1. The van der Waals surface area contributed by atoms with Gasteiger partial charge in [-0.3, -0.25) is 13.9 Å². The first-order valence-electron chi connectivity index (χ1n) is 8.12. The van der Waals surface area contributed by atoms with Crippen LogP contribution in [0.25, 0.3) is 27.8 Å². The van der Waals surface area contributed by atoms with Crippen molar-refractivity contribution in [3.8, 4) is 16.9 Å². The second kappa shape index (κ2) is 6.14. The predicted molar refractivity (Wildman–Crippen MR) is 107 cm³/mol. The minimum absolute atomic E-state index is 0.302. The minimum Gasteiger partial charge on any atom is -0.314 e. The van der Waals surface area contributed by atoms with E-state index >= 15 is 0 Å². The highest BCUT2D eigenvalue weighted by Gasteiger charge is 2.21. The molecule has 0 amide bonds. The zero-order valence-electron chi connectivity index (χ0n) is 14.3. The topological polar surface area (TPSA) is 48.9 Å². The fourth-order valence-corrected chi connectivity index (χ4v) is 3.72. The molecule has 0 spiro atoms. The summed E-state index contributed by atoms with van der Waals surface area (Å²) in [6.45, 7) is 0. The van der Waals surface area contributed by atoms with Gasteiger partial charge in [-0.05, 0) is 18.2 Å². The molecule has 0 saturated heterocycles. The second-order valence-corrected chi connectivity index (χ2v) is 6.98. The Balaban J connectivity index is 2.26. The molecule has 26 heavy (non-hydrogen) atoms. The highest BCUT2D eigenvalue weighted by molar-refractivity contribution is 9.10. The normalized spacial score (nSPS) is 11.2. The van der Waals surface area contributed by atoms with Gasteiger partial charge in [0.2, 0.25) is 0 Å². The van der Waals surface area contributed by atoms with Gasteiger partial charge in [-0.2, -0.15) is 0 Å². The molecule has 0 radical (unpaired) electrons. The molecule has 2 heterocycles. The van der Waals surface area contributed by atoms with Crippen molar-refractivity contribution in [1.82, 2.24) is 13.7 Å². The van der Waals surface area contributed by atoms with Crippen LogP contribution in [0.2, 0.25) is 0 Å². The molecule has 4 aromatic rings. The molecule has 130 valence electrons. The predicted octanol–water partition coefficient (Wildman–Crippen LogP) is 3.46. The average molecular weight is 410 g/mol. The Morgan fingerprint density at radius 2 is 1.50 bits per heavy atom. The van der Waals surface area contributed by atoms with Gasteiger partial charge in [-0.25, -0.2) is 4.79 Å². The largest absolute Gasteiger partial charge is 0.330 e. The maximum atomic E-state index is 13.0. The van der Waals surface area contributed by atoms with Gasteiger partial charge in [-0.1, -0.05) is 52.3 Å². The van der Waals surface area contributed by atoms with Crippen molar-refractivity contribution in [2.24, 2.45) is 14.1 Å². The number of rotatable bonds is 2. The number of hydrogen-bond acceptors (Lipinski definition) is 2. The van der Waals surface area contributed by atoms with Gasteiger partial charge in [0.15, 0.2) is 0 Å². The van der Waals surface area contributed by atoms with Crippen LogP contribution in [0.5, 0.6) is 0 Å². The molecule has 0 saturated carbocycles. The second-order valence-electron chi connectivity index (χ2n) is 6.13. The Hall–Kier alpha value is -2.86. The van der Waals surface area contributed by atoms with E-state index in [1.165, 1.54) is 11.6 Å². The fourth-order valence-electron chi connectivity index (χ4n) is 3.25. The highest BCUT2D eigenvalue weighted by atomic mass is 79.9. The van der Waals surface area contributed by atoms with E-state index in [4.69, 9.17) is 0 Å². The number of hydrogen-bond donors (Lipinski definition) is 0. The Morgan fingerprint density at radius 1 is 0.846 bits per heavy atom. The summed E-state index contributed by atoms with van der Waals surface area (Å²) in [4.78, 5) is 25.3. The lowest BCUT2D eigenvalue weighted by atomic mass is 10.1. The number of aromatic nitrogens is 3. The Kier molecular flexibility index (Phi) is 3.92.